The lowest BCUT2D eigenvalue weighted by Crippen LogP contribution is -2.10. The van der Waals surface area contributed by atoms with E-state index in [-0.39, 0.29) is 6.61 Å². The minimum atomic E-state index is -0.497. The summed E-state index contributed by atoms with van der Waals surface area (Å²) in [7, 11) is 1.64. The molecule has 18 heavy (non-hydrogen) atoms. The number of nitrogen functional groups attached to an aromatic ring is 1. The van der Waals surface area contributed by atoms with E-state index in [1.54, 1.807) is 19.2 Å². The molecule has 94 valence electrons. The number of ether oxygens (including phenoxy) is 1. The molecule has 1 aromatic carbocycles. The van der Waals surface area contributed by atoms with E-state index in [4.69, 9.17) is 10.5 Å². The van der Waals surface area contributed by atoms with Crippen molar-refractivity contribution in [2.75, 3.05) is 5.73 Å². The fourth-order valence-electron chi connectivity index (χ4n) is 1.45. The topological polar surface area (TPSA) is 95.9 Å². The molecule has 0 atom stereocenters. The predicted molar refractivity (Wildman–Crippen MR) is 63.5 cm³/mol. The van der Waals surface area contributed by atoms with Crippen LogP contribution in [0.5, 0.6) is 0 Å². The number of para-hydroxylation sites is 1. The Labute approximate surface area is 104 Å². The summed E-state index contributed by atoms with van der Waals surface area (Å²) >= 11 is 0. The molecule has 7 heteroatoms. The van der Waals surface area contributed by atoms with Gasteiger partial charge in [-0.15, -0.1) is 10.2 Å². The summed E-state index contributed by atoms with van der Waals surface area (Å²) < 4.78 is 5.07. The number of nitrogens with two attached hydrogens (primary N) is 1. The van der Waals surface area contributed by atoms with Crippen LogP contribution in [0, 0.1) is 6.92 Å². The number of benzene rings is 1. The number of esters is 1. The van der Waals surface area contributed by atoms with Gasteiger partial charge in [0.1, 0.15) is 0 Å². The third kappa shape index (κ3) is 2.45. The molecule has 0 unspecified atom stereocenters. The van der Waals surface area contributed by atoms with Gasteiger partial charge < -0.3 is 10.5 Å². The van der Waals surface area contributed by atoms with E-state index >= 15 is 0 Å². The molecule has 0 aliphatic heterocycles. The Balaban J connectivity index is 2.06. The molecule has 2 aromatic rings. The Morgan fingerprint density at radius 3 is 2.94 bits per heavy atom. The van der Waals surface area contributed by atoms with Gasteiger partial charge in [0.15, 0.2) is 6.61 Å². The number of tetrazole rings is 1. The lowest BCUT2D eigenvalue weighted by Gasteiger charge is -2.07. The number of rotatable bonds is 3. The Morgan fingerprint density at radius 2 is 2.28 bits per heavy atom. The number of carbonyl (C=O) groups is 1. The molecule has 1 aromatic heterocycles. The van der Waals surface area contributed by atoms with Gasteiger partial charge in [-0.2, -0.15) is 4.80 Å². The molecule has 0 amide bonds. The first-order chi connectivity index (χ1) is 8.58. The molecule has 0 fully saturated rings. The molecule has 0 saturated carbocycles. The second-order valence-electron chi connectivity index (χ2n) is 3.81. The van der Waals surface area contributed by atoms with E-state index in [0.717, 1.165) is 5.56 Å². The van der Waals surface area contributed by atoms with E-state index in [9.17, 15) is 4.79 Å². The summed E-state index contributed by atoms with van der Waals surface area (Å²) in [5.74, 6) is -0.152. The number of carbonyl (C=O) groups excluding carboxylic acids is 1. The van der Waals surface area contributed by atoms with Crippen LogP contribution in [0.3, 0.4) is 0 Å². The van der Waals surface area contributed by atoms with Crippen LogP contribution in [0.1, 0.15) is 21.7 Å². The van der Waals surface area contributed by atoms with Crippen LogP contribution >= 0.6 is 0 Å². The summed E-state index contributed by atoms with van der Waals surface area (Å²) in [4.78, 5) is 13.1. The zero-order chi connectivity index (χ0) is 13.1. The summed E-state index contributed by atoms with van der Waals surface area (Å²) in [5, 5.41) is 11.3. The molecule has 7 nitrogen and oxygen atoms in total. The third-order valence-corrected chi connectivity index (χ3v) is 2.43. The van der Waals surface area contributed by atoms with Crippen LogP contribution in [0.25, 0.3) is 0 Å². The zero-order valence-electron chi connectivity index (χ0n) is 10.1. The van der Waals surface area contributed by atoms with Gasteiger partial charge in [0.2, 0.25) is 5.82 Å². The number of anilines is 1. The van der Waals surface area contributed by atoms with Crippen molar-refractivity contribution in [2.24, 2.45) is 7.05 Å². The maximum absolute atomic E-state index is 11.8. The average Bonchev–Trinajstić information content (AvgIpc) is 2.76. The van der Waals surface area contributed by atoms with Gasteiger partial charge >= 0.3 is 5.97 Å². The maximum atomic E-state index is 11.8. The molecular formula is C11H13N5O2. The van der Waals surface area contributed by atoms with Crippen molar-refractivity contribution in [1.29, 1.82) is 0 Å². The number of aromatic nitrogens is 4. The fraction of sp³-hybridized carbons (Fsp3) is 0.273. The van der Waals surface area contributed by atoms with Gasteiger partial charge in [-0.1, -0.05) is 12.1 Å². The summed E-state index contributed by atoms with van der Waals surface area (Å²) in [5.41, 5.74) is 7.42. The number of aryl methyl sites for hydroxylation is 2. The van der Waals surface area contributed by atoms with Crippen molar-refractivity contribution in [3.8, 4) is 0 Å². The minimum Gasteiger partial charge on any atom is -0.454 e. The van der Waals surface area contributed by atoms with Crippen molar-refractivity contribution < 1.29 is 9.53 Å². The predicted octanol–water partition coefficient (Wildman–Crippen LogP) is 0.458. The van der Waals surface area contributed by atoms with Gasteiger partial charge in [-0.25, -0.2) is 4.79 Å². The first-order valence-corrected chi connectivity index (χ1v) is 5.33. The third-order valence-electron chi connectivity index (χ3n) is 2.43. The number of nitrogens with zero attached hydrogens (tertiary/aromatic N) is 4. The second-order valence-corrected chi connectivity index (χ2v) is 3.81. The first kappa shape index (κ1) is 12.0. The van der Waals surface area contributed by atoms with E-state index in [1.165, 1.54) is 4.80 Å². The summed E-state index contributed by atoms with van der Waals surface area (Å²) in [6.07, 6.45) is 0. The monoisotopic (exact) mass is 247 g/mol. The van der Waals surface area contributed by atoms with E-state index < -0.39 is 5.97 Å². The molecule has 0 saturated heterocycles. The van der Waals surface area contributed by atoms with Gasteiger partial charge in [0.25, 0.3) is 0 Å². The van der Waals surface area contributed by atoms with Crippen molar-refractivity contribution >= 4 is 11.7 Å². The van der Waals surface area contributed by atoms with Gasteiger partial charge in [0.05, 0.1) is 12.6 Å². The quantitative estimate of drug-likeness (QED) is 0.625. The molecule has 0 aliphatic carbocycles. The smallest absolute Gasteiger partial charge is 0.340 e. The van der Waals surface area contributed by atoms with Crippen LogP contribution < -0.4 is 5.73 Å². The molecule has 2 N–H and O–H groups in total. The van der Waals surface area contributed by atoms with E-state index in [0.29, 0.717) is 17.1 Å². The maximum Gasteiger partial charge on any atom is 0.340 e. The number of hydrogen-bond donors (Lipinski definition) is 1. The van der Waals surface area contributed by atoms with Gasteiger partial charge in [-0.05, 0) is 23.8 Å². The van der Waals surface area contributed by atoms with Crippen LogP contribution in [0.2, 0.25) is 0 Å². The van der Waals surface area contributed by atoms with Gasteiger partial charge in [-0.3, -0.25) is 0 Å². The highest BCUT2D eigenvalue weighted by Gasteiger charge is 2.13. The van der Waals surface area contributed by atoms with Crippen molar-refractivity contribution in [1.82, 2.24) is 20.2 Å². The zero-order valence-corrected chi connectivity index (χ0v) is 10.1. The summed E-state index contributed by atoms with van der Waals surface area (Å²) in [6, 6.07) is 5.20. The first-order valence-electron chi connectivity index (χ1n) is 5.33. The Hall–Kier alpha value is -2.44. The highest BCUT2D eigenvalue weighted by molar-refractivity contribution is 5.95. The Bertz CT molecular complexity index is 579. The van der Waals surface area contributed by atoms with E-state index in [1.807, 2.05) is 13.0 Å². The largest absolute Gasteiger partial charge is 0.454 e. The van der Waals surface area contributed by atoms with Crippen molar-refractivity contribution in [3.05, 3.63) is 35.2 Å². The fourth-order valence-corrected chi connectivity index (χ4v) is 1.45. The minimum absolute atomic E-state index is 0.0277. The van der Waals surface area contributed by atoms with Crippen molar-refractivity contribution in [3.63, 3.8) is 0 Å². The molecule has 1 heterocycles. The van der Waals surface area contributed by atoms with E-state index in [2.05, 4.69) is 15.4 Å². The Morgan fingerprint density at radius 1 is 1.50 bits per heavy atom. The highest BCUT2D eigenvalue weighted by Crippen LogP contribution is 2.17. The molecular weight excluding hydrogens is 234 g/mol. The SMILES string of the molecule is Cc1cccc(C(=O)OCc2nnn(C)n2)c1N. The average molecular weight is 247 g/mol. The van der Waals surface area contributed by atoms with Crippen LogP contribution in [-0.4, -0.2) is 26.2 Å². The highest BCUT2D eigenvalue weighted by atomic mass is 16.5. The van der Waals surface area contributed by atoms with Gasteiger partial charge in [0, 0.05) is 5.69 Å². The normalized spacial score (nSPS) is 10.3. The van der Waals surface area contributed by atoms with Crippen LogP contribution in [-0.2, 0) is 18.4 Å². The molecule has 0 aliphatic rings. The molecule has 2 rings (SSSR count). The lowest BCUT2D eigenvalue weighted by molar-refractivity contribution is 0.0463. The lowest BCUT2D eigenvalue weighted by atomic mass is 10.1. The Kier molecular flexibility index (Phi) is 3.22. The van der Waals surface area contributed by atoms with Crippen LogP contribution in [0.15, 0.2) is 18.2 Å². The van der Waals surface area contributed by atoms with Crippen LogP contribution in [0.4, 0.5) is 5.69 Å². The van der Waals surface area contributed by atoms with Crippen molar-refractivity contribution in [2.45, 2.75) is 13.5 Å². The molecule has 0 bridgehead atoms. The summed E-state index contributed by atoms with van der Waals surface area (Å²) in [6.45, 7) is 1.80. The second kappa shape index (κ2) is 4.82. The molecule has 0 radical (unpaired) electrons. The molecule has 0 spiro atoms. The standard InChI is InChI=1S/C11H13N5O2/c1-7-4-3-5-8(10(7)12)11(17)18-6-9-13-15-16(2)14-9/h3-5H,6,12H2,1-2H3. The number of hydrogen-bond acceptors (Lipinski definition) is 6.